The van der Waals surface area contributed by atoms with Gasteiger partial charge in [0.2, 0.25) is 5.91 Å². The van der Waals surface area contributed by atoms with Crippen LogP contribution < -0.4 is 15.6 Å². The van der Waals surface area contributed by atoms with E-state index in [0.717, 1.165) is 17.3 Å². The Labute approximate surface area is 199 Å². The lowest BCUT2D eigenvalue weighted by Crippen LogP contribution is -2.26. The van der Waals surface area contributed by atoms with Crippen LogP contribution in [0.25, 0.3) is 11.0 Å². The largest absolute Gasteiger partial charge is 0.497 e. The molecule has 4 rings (SSSR count). The first-order valence-electron chi connectivity index (χ1n) is 10.7. The second-order valence-electron chi connectivity index (χ2n) is 7.55. The van der Waals surface area contributed by atoms with Gasteiger partial charge in [-0.05, 0) is 43.7 Å². The van der Waals surface area contributed by atoms with Gasteiger partial charge in [-0.2, -0.15) is 5.10 Å². The van der Waals surface area contributed by atoms with Crippen LogP contribution in [0.5, 0.6) is 5.75 Å². The number of thioether (sulfide) groups is 1. The van der Waals surface area contributed by atoms with E-state index in [1.165, 1.54) is 16.7 Å². The molecule has 0 atom stereocenters. The SMILES string of the molecule is CCn1nc(C)c2nc(SCC(=O)Nc3ccccc3F)n(Cc3cccc(OC)c3)c(=O)c21. The number of anilines is 1. The van der Waals surface area contributed by atoms with Crippen molar-refractivity contribution in [2.45, 2.75) is 32.1 Å². The number of para-hydroxylation sites is 1. The lowest BCUT2D eigenvalue weighted by molar-refractivity contribution is -0.113. The number of hydrogen-bond acceptors (Lipinski definition) is 6. The van der Waals surface area contributed by atoms with Gasteiger partial charge in [0.15, 0.2) is 10.7 Å². The Kier molecular flexibility index (Phi) is 6.97. The minimum absolute atomic E-state index is 0.0502. The number of ether oxygens (including phenoxy) is 1. The number of nitrogens with zero attached hydrogens (tertiary/aromatic N) is 4. The van der Waals surface area contributed by atoms with Gasteiger partial charge in [0.05, 0.1) is 30.8 Å². The molecule has 0 aliphatic carbocycles. The molecule has 34 heavy (non-hydrogen) atoms. The van der Waals surface area contributed by atoms with Crippen molar-refractivity contribution in [1.29, 1.82) is 0 Å². The molecule has 0 aliphatic heterocycles. The third-order valence-electron chi connectivity index (χ3n) is 5.24. The maximum atomic E-state index is 13.9. The molecule has 0 radical (unpaired) electrons. The highest BCUT2D eigenvalue weighted by Crippen LogP contribution is 2.22. The van der Waals surface area contributed by atoms with Crippen molar-refractivity contribution in [3.05, 3.63) is 76.0 Å². The summed E-state index contributed by atoms with van der Waals surface area (Å²) in [6.07, 6.45) is 0. The standard InChI is InChI=1S/C24H24FN5O3S/c1-4-30-22-21(15(2)28-30)27-24(34-14-20(31)26-19-11-6-5-10-18(19)25)29(23(22)32)13-16-8-7-9-17(12-16)33-3/h5-12H,4,13-14H2,1-3H3,(H,26,31). The molecule has 0 unspecified atom stereocenters. The zero-order valence-corrected chi connectivity index (χ0v) is 19.9. The van der Waals surface area contributed by atoms with Crippen LogP contribution in [-0.2, 0) is 17.9 Å². The number of carbonyl (C=O) groups is 1. The van der Waals surface area contributed by atoms with Crippen molar-refractivity contribution in [3.63, 3.8) is 0 Å². The van der Waals surface area contributed by atoms with E-state index in [4.69, 9.17) is 9.72 Å². The number of benzene rings is 2. The Bertz CT molecular complexity index is 1420. The number of halogens is 1. The monoisotopic (exact) mass is 481 g/mol. The molecule has 8 nitrogen and oxygen atoms in total. The Hall–Kier alpha value is -3.66. The number of amides is 1. The number of aromatic nitrogens is 4. The molecule has 10 heteroatoms. The van der Waals surface area contributed by atoms with Gasteiger partial charge in [0, 0.05) is 6.54 Å². The van der Waals surface area contributed by atoms with Crippen LogP contribution in [0, 0.1) is 12.7 Å². The zero-order valence-electron chi connectivity index (χ0n) is 19.0. The number of nitrogens with one attached hydrogen (secondary N) is 1. The summed E-state index contributed by atoms with van der Waals surface area (Å²) >= 11 is 1.11. The fraction of sp³-hybridized carbons (Fsp3) is 0.250. The predicted molar refractivity (Wildman–Crippen MR) is 130 cm³/mol. The van der Waals surface area contributed by atoms with Gasteiger partial charge in [-0.3, -0.25) is 18.8 Å². The summed E-state index contributed by atoms with van der Waals surface area (Å²) in [6, 6.07) is 13.4. The quantitative estimate of drug-likeness (QED) is 0.304. The summed E-state index contributed by atoms with van der Waals surface area (Å²) in [5.41, 5.74) is 2.27. The number of rotatable bonds is 8. The van der Waals surface area contributed by atoms with Gasteiger partial charge in [-0.1, -0.05) is 36.0 Å². The smallest absolute Gasteiger partial charge is 0.280 e. The second-order valence-corrected chi connectivity index (χ2v) is 8.49. The van der Waals surface area contributed by atoms with Gasteiger partial charge in [-0.25, -0.2) is 9.37 Å². The van der Waals surface area contributed by atoms with E-state index in [1.807, 2.05) is 31.2 Å². The fourth-order valence-electron chi connectivity index (χ4n) is 3.60. The molecule has 176 valence electrons. The van der Waals surface area contributed by atoms with E-state index < -0.39 is 11.7 Å². The predicted octanol–water partition coefficient (Wildman–Crippen LogP) is 3.85. The highest BCUT2D eigenvalue weighted by molar-refractivity contribution is 7.99. The van der Waals surface area contributed by atoms with Crippen LogP contribution in [0.15, 0.2) is 58.5 Å². The van der Waals surface area contributed by atoms with E-state index in [2.05, 4.69) is 10.4 Å². The second kappa shape index (κ2) is 10.1. The van der Waals surface area contributed by atoms with E-state index in [1.54, 1.807) is 30.8 Å². The van der Waals surface area contributed by atoms with Crippen molar-refractivity contribution in [3.8, 4) is 5.75 Å². The normalized spacial score (nSPS) is 11.1. The lowest BCUT2D eigenvalue weighted by Gasteiger charge is -2.13. The molecule has 1 N–H and O–H groups in total. The average Bonchev–Trinajstić information content (AvgIpc) is 3.17. The molecule has 0 saturated carbocycles. The summed E-state index contributed by atoms with van der Waals surface area (Å²) in [7, 11) is 1.58. The summed E-state index contributed by atoms with van der Waals surface area (Å²) < 4.78 is 22.4. The number of hydrogen-bond donors (Lipinski definition) is 1. The van der Waals surface area contributed by atoms with E-state index in [-0.39, 0.29) is 23.5 Å². The van der Waals surface area contributed by atoms with Crippen LogP contribution >= 0.6 is 11.8 Å². The van der Waals surface area contributed by atoms with Gasteiger partial charge in [0.25, 0.3) is 5.56 Å². The molecular formula is C24H24FN5O3S. The van der Waals surface area contributed by atoms with Crippen molar-refractivity contribution in [2.75, 3.05) is 18.2 Å². The maximum absolute atomic E-state index is 13.9. The first kappa shape index (κ1) is 23.5. The van der Waals surface area contributed by atoms with Crippen LogP contribution in [0.1, 0.15) is 18.2 Å². The lowest BCUT2D eigenvalue weighted by atomic mass is 10.2. The molecular weight excluding hydrogens is 457 g/mol. The van der Waals surface area contributed by atoms with Crippen LogP contribution in [0.4, 0.5) is 10.1 Å². The number of methoxy groups -OCH3 is 1. The van der Waals surface area contributed by atoms with Gasteiger partial charge >= 0.3 is 0 Å². The number of aryl methyl sites for hydroxylation is 2. The summed E-state index contributed by atoms with van der Waals surface area (Å²) in [6.45, 7) is 4.47. The highest BCUT2D eigenvalue weighted by atomic mass is 32.2. The maximum Gasteiger partial charge on any atom is 0.280 e. The molecule has 0 aliphatic rings. The molecule has 0 fully saturated rings. The van der Waals surface area contributed by atoms with E-state index in [9.17, 15) is 14.0 Å². The van der Waals surface area contributed by atoms with Crippen LogP contribution in [0.3, 0.4) is 0 Å². The molecule has 2 heterocycles. The Balaban J connectivity index is 1.69. The van der Waals surface area contributed by atoms with Crippen LogP contribution in [-0.4, -0.2) is 38.1 Å². The third kappa shape index (κ3) is 4.81. The van der Waals surface area contributed by atoms with Crippen molar-refractivity contribution in [1.82, 2.24) is 19.3 Å². The van der Waals surface area contributed by atoms with Crippen molar-refractivity contribution in [2.24, 2.45) is 0 Å². The van der Waals surface area contributed by atoms with Crippen LogP contribution in [0.2, 0.25) is 0 Å². The third-order valence-corrected chi connectivity index (χ3v) is 6.21. The zero-order chi connectivity index (χ0) is 24.2. The van der Waals surface area contributed by atoms with Gasteiger partial charge < -0.3 is 10.1 Å². The summed E-state index contributed by atoms with van der Waals surface area (Å²) in [4.78, 5) is 30.8. The van der Waals surface area contributed by atoms with Crippen molar-refractivity contribution >= 4 is 34.4 Å². The molecule has 2 aromatic heterocycles. The van der Waals surface area contributed by atoms with E-state index in [0.29, 0.717) is 34.2 Å². The number of carbonyl (C=O) groups excluding carboxylic acids is 1. The Morgan fingerprint density at radius 2 is 2.00 bits per heavy atom. The molecule has 4 aromatic rings. The minimum atomic E-state index is -0.516. The minimum Gasteiger partial charge on any atom is -0.497 e. The highest BCUT2D eigenvalue weighted by Gasteiger charge is 2.19. The summed E-state index contributed by atoms with van der Waals surface area (Å²) in [5, 5.41) is 7.37. The first-order chi connectivity index (χ1) is 16.4. The Morgan fingerprint density at radius 3 is 2.74 bits per heavy atom. The first-order valence-corrected chi connectivity index (χ1v) is 11.7. The van der Waals surface area contributed by atoms with E-state index >= 15 is 0 Å². The molecule has 1 amide bonds. The molecule has 0 saturated heterocycles. The fourth-order valence-corrected chi connectivity index (χ4v) is 4.39. The molecule has 0 spiro atoms. The topological polar surface area (TPSA) is 91.0 Å². The molecule has 0 bridgehead atoms. The Morgan fingerprint density at radius 1 is 1.21 bits per heavy atom. The molecule has 2 aromatic carbocycles. The van der Waals surface area contributed by atoms with Gasteiger partial charge in [-0.15, -0.1) is 0 Å². The number of fused-ring (bicyclic) bond motifs is 1. The average molecular weight is 482 g/mol. The van der Waals surface area contributed by atoms with Crippen molar-refractivity contribution < 1.29 is 13.9 Å². The summed E-state index contributed by atoms with van der Waals surface area (Å²) in [5.74, 6) is -0.297. The van der Waals surface area contributed by atoms with Gasteiger partial charge in [0.1, 0.15) is 17.1 Å².